The van der Waals surface area contributed by atoms with E-state index in [0.717, 1.165) is 10.2 Å². The van der Waals surface area contributed by atoms with E-state index in [1.54, 1.807) is 18.3 Å². The molecule has 0 amide bonds. The summed E-state index contributed by atoms with van der Waals surface area (Å²) in [5.74, 6) is -0.466. The quantitative estimate of drug-likeness (QED) is 0.915. The van der Waals surface area contributed by atoms with Crippen molar-refractivity contribution in [2.45, 2.75) is 18.9 Å². The lowest BCUT2D eigenvalue weighted by molar-refractivity contribution is 0.173. The van der Waals surface area contributed by atoms with Crippen LogP contribution in [0.25, 0.3) is 0 Å². The first-order valence-electron chi connectivity index (χ1n) is 5.77. The Hall–Kier alpha value is -0.970. The number of nitrogens with zero attached hydrogens (tertiary/aromatic N) is 1. The fourth-order valence-corrected chi connectivity index (χ4v) is 2.23. The number of aliphatic hydroxyl groups excluding tert-OH is 1. The first-order valence-corrected chi connectivity index (χ1v) is 6.94. The summed E-state index contributed by atoms with van der Waals surface area (Å²) in [5, 5.41) is 10.1. The van der Waals surface area contributed by atoms with Crippen molar-refractivity contribution in [2.75, 3.05) is 0 Å². The minimum atomic E-state index is -0.693. The highest BCUT2D eigenvalue weighted by molar-refractivity contribution is 9.10. The average Bonchev–Trinajstić information content (AvgIpc) is 2.38. The van der Waals surface area contributed by atoms with Gasteiger partial charge in [0, 0.05) is 29.2 Å². The third-order valence-corrected chi connectivity index (χ3v) is 3.48. The second kappa shape index (κ2) is 6.46. The van der Waals surface area contributed by atoms with Crippen molar-refractivity contribution in [1.29, 1.82) is 0 Å². The van der Waals surface area contributed by atoms with Gasteiger partial charge in [-0.2, -0.15) is 0 Å². The van der Waals surface area contributed by atoms with Crippen LogP contribution in [0.4, 0.5) is 4.39 Å². The summed E-state index contributed by atoms with van der Waals surface area (Å²) < 4.78 is 14.6. The van der Waals surface area contributed by atoms with E-state index in [1.165, 1.54) is 6.07 Å². The van der Waals surface area contributed by atoms with Crippen molar-refractivity contribution in [3.05, 3.63) is 63.1 Å². The zero-order chi connectivity index (χ0) is 13.8. The lowest BCUT2D eigenvalue weighted by Gasteiger charge is -2.11. The lowest BCUT2D eigenvalue weighted by atomic mass is 10.0. The number of pyridine rings is 1. The van der Waals surface area contributed by atoms with E-state index in [0.29, 0.717) is 12.0 Å². The van der Waals surface area contributed by atoms with Crippen LogP contribution in [0.5, 0.6) is 0 Å². The van der Waals surface area contributed by atoms with Crippen molar-refractivity contribution in [2.24, 2.45) is 0 Å². The van der Waals surface area contributed by atoms with Gasteiger partial charge < -0.3 is 5.11 Å². The predicted octanol–water partition coefficient (Wildman–Crippen LogP) is 3.78. The van der Waals surface area contributed by atoms with Crippen LogP contribution < -0.4 is 0 Å². The van der Waals surface area contributed by atoms with Crippen molar-refractivity contribution in [3.8, 4) is 0 Å². The molecule has 0 aliphatic heterocycles. The number of aliphatic hydroxyl groups is 1. The molecule has 2 aromatic rings. The molecule has 5 heteroatoms. The maximum absolute atomic E-state index is 13.7. The molecule has 19 heavy (non-hydrogen) atoms. The standard InChI is InChI=1S/C14H12BrClFNO/c15-10-4-5-11(18-8-10)7-12(19)6-9-2-1-3-13(16)14(9)17/h1-5,8,12,19H,6-7H2. The number of rotatable bonds is 4. The molecule has 1 atom stereocenters. The van der Waals surface area contributed by atoms with Crippen LogP contribution in [-0.4, -0.2) is 16.2 Å². The van der Waals surface area contributed by atoms with Crippen LogP contribution in [0.3, 0.4) is 0 Å². The van der Waals surface area contributed by atoms with Gasteiger partial charge in [-0.25, -0.2) is 4.39 Å². The third kappa shape index (κ3) is 4.00. The van der Waals surface area contributed by atoms with E-state index in [2.05, 4.69) is 20.9 Å². The third-order valence-electron chi connectivity index (χ3n) is 2.72. The number of halogens is 3. The Kier molecular flexibility index (Phi) is 4.91. The molecular formula is C14H12BrClFNO. The van der Waals surface area contributed by atoms with Crippen molar-refractivity contribution >= 4 is 27.5 Å². The molecule has 1 N–H and O–H groups in total. The Morgan fingerprint density at radius 3 is 2.74 bits per heavy atom. The highest BCUT2D eigenvalue weighted by Gasteiger charge is 2.12. The number of benzene rings is 1. The Morgan fingerprint density at radius 2 is 2.05 bits per heavy atom. The molecule has 0 bridgehead atoms. The van der Waals surface area contributed by atoms with E-state index >= 15 is 0 Å². The first kappa shape index (κ1) is 14.4. The van der Waals surface area contributed by atoms with Gasteiger partial charge in [0.2, 0.25) is 0 Å². The zero-order valence-electron chi connectivity index (χ0n) is 9.98. The van der Waals surface area contributed by atoms with E-state index in [-0.39, 0.29) is 11.4 Å². The maximum atomic E-state index is 13.7. The minimum absolute atomic E-state index is 0.0754. The Morgan fingerprint density at radius 1 is 1.26 bits per heavy atom. The summed E-state index contributed by atoms with van der Waals surface area (Å²) in [6.45, 7) is 0. The van der Waals surface area contributed by atoms with E-state index in [9.17, 15) is 9.50 Å². The molecule has 0 aliphatic carbocycles. The molecule has 0 fully saturated rings. The molecule has 1 heterocycles. The van der Waals surface area contributed by atoms with Gasteiger partial charge in [0.15, 0.2) is 0 Å². The van der Waals surface area contributed by atoms with Gasteiger partial charge in [0.25, 0.3) is 0 Å². The fraction of sp³-hybridized carbons (Fsp3) is 0.214. The molecule has 0 aliphatic rings. The smallest absolute Gasteiger partial charge is 0.145 e. The van der Waals surface area contributed by atoms with E-state index in [4.69, 9.17) is 11.6 Å². The number of hydrogen-bond donors (Lipinski definition) is 1. The minimum Gasteiger partial charge on any atom is -0.392 e. The monoisotopic (exact) mass is 343 g/mol. The molecule has 1 aromatic carbocycles. The highest BCUT2D eigenvalue weighted by Crippen LogP contribution is 2.20. The van der Waals surface area contributed by atoms with Crippen LogP contribution in [0, 0.1) is 5.82 Å². The Labute approximate surface area is 124 Å². The van der Waals surface area contributed by atoms with Crippen molar-refractivity contribution < 1.29 is 9.50 Å². The molecule has 0 saturated carbocycles. The van der Waals surface area contributed by atoms with E-state index < -0.39 is 11.9 Å². The second-order valence-electron chi connectivity index (χ2n) is 4.24. The summed E-state index contributed by atoms with van der Waals surface area (Å²) in [5.41, 5.74) is 1.18. The van der Waals surface area contributed by atoms with Crippen LogP contribution in [0.1, 0.15) is 11.3 Å². The molecule has 1 unspecified atom stereocenters. The molecule has 100 valence electrons. The van der Waals surface area contributed by atoms with Crippen LogP contribution in [-0.2, 0) is 12.8 Å². The molecule has 0 spiro atoms. The normalized spacial score (nSPS) is 12.4. The van der Waals surface area contributed by atoms with Gasteiger partial charge in [0.1, 0.15) is 5.82 Å². The van der Waals surface area contributed by atoms with Gasteiger partial charge >= 0.3 is 0 Å². The largest absolute Gasteiger partial charge is 0.392 e. The summed E-state index contributed by atoms with van der Waals surface area (Å²) >= 11 is 8.99. The van der Waals surface area contributed by atoms with Crippen LogP contribution in [0.2, 0.25) is 5.02 Å². The van der Waals surface area contributed by atoms with Crippen molar-refractivity contribution in [3.63, 3.8) is 0 Å². The highest BCUT2D eigenvalue weighted by atomic mass is 79.9. The zero-order valence-corrected chi connectivity index (χ0v) is 12.3. The van der Waals surface area contributed by atoms with Gasteiger partial charge in [-0.05, 0) is 39.7 Å². The predicted molar refractivity (Wildman–Crippen MR) is 76.8 cm³/mol. The number of aromatic nitrogens is 1. The van der Waals surface area contributed by atoms with Crippen LogP contribution >= 0.6 is 27.5 Å². The van der Waals surface area contributed by atoms with Crippen LogP contribution in [0.15, 0.2) is 41.0 Å². The summed E-state index contributed by atoms with van der Waals surface area (Å²) in [6, 6.07) is 8.46. The molecule has 0 saturated heterocycles. The molecular weight excluding hydrogens is 333 g/mol. The maximum Gasteiger partial charge on any atom is 0.145 e. The SMILES string of the molecule is OC(Cc1ccc(Br)cn1)Cc1cccc(Cl)c1F. The first-order chi connectivity index (χ1) is 9.06. The van der Waals surface area contributed by atoms with Gasteiger partial charge in [-0.1, -0.05) is 23.7 Å². The lowest BCUT2D eigenvalue weighted by Crippen LogP contribution is -2.15. The Balaban J connectivity index is 2.03. The summed E-state index contributed by atoms with van der Waals surface area (Å²) in [7, 11) is 0. The van der Waals surface area contributed by atoms with Gasteiger partial charge in [0.05, 0.1) is 11.1 Å². The molecule has 2 rings (SSSR count). The second-order valence-corrected chi connectivity index (χ2v) is 5.57. The topological polar surface area (TPSA) is 33.1 Å². The van der Waals surface area contributed by atoms with Gasteiger partial charge in [-0.15, -0.1) is 0 Å². The summed E-state index contributed by atoms with van der Waals surface area (Å²) in [6.07, 6.45) is 1.56. The molecule has 2 nitrogen and oxygen atoms in total. The summed E-state index contributed by atoms with van der Waals surface area (Å²) in [4.78, 5) is 4.17. The number of hydrogen-bond acceptors (Lipinski definition) is 2. The Bertz CT molecular complexity index is 562. The fourth-order valence-electron chi connectivity index (χ4n) is 1.80. The average molecular weight is 345 g/mol. The molecule has 0 radical (unpaired) electrons. The van der Waals surface area contributed by atoms with Gasteiger partial charge in [-0.3, -0.25) is 4.98 Å². The van der Waals surface area contributed by atoms with E-state index in [1.807, 2.05) is 12.1 Å². The van der Waals surface area contributed by atoms with Crippen molar-refractivity contribution in [1.82, 2.24) is 4.98 Å². The molecule has 1 aromatic heterocycles.